The van der Waals surface area contributed by atoms with Crippen molar-refractivity contribution in [3.8, 4) is 0 Å². The second-order valence-electron chi connectivity index (χ2n) is 3.99. The van der Waals surface area contributed by atoms with Crippen LogP contribution in [0, 0.1) is 19.7 Å². The molecule has 2 nitrogen and oxygen atoms in total. The SMILES string of the molecule is Cc1nc(C)c(C(O)Cc2ccccc2F)s1. The Morgan fingerprint density at radius 1 is 1.35 bits per heavy atom. The Morgan fingerprint density at radius 3 is 2.65 bits per heavy atom. The lowest BCUT2D eigenvalue weighted by Gasteiger charge is -2.09. The standard InChI is InChI=1S/C13H14FNOS/c1-8-13(17-9(2)15-8)12(16)7-10-5-3-4-6-11(10)14/h3-6,12,16H,7H2,1-2H3. The zero-order valence-electron chi connectivity index (χ0n) is 9.77. The van der Waals surface area contributed by atoms with E-state index in [0.717, 1.165) is 15.6 Å². The lowest BCUT2D eigenvalue weighted by Crippen LogP contribution is -2.03. The van der Waals surface area contributed by atoms with Gasteiger partial charge in [0.25, 0.3) is 0 Å². The molecule has 2 rings (SSSR count). The average molecular weight is 251 g/mol. The first kappa shape index (κ1) is 12.2. The molecule has 0 aliphatic rings. The topological polar surface area (TPSA) is 33.1 Å². The lowest BCUT2D eigenvalue weighted by molar-refractivity contribution is 0.180. The number of benzene rings is 1. The summed E-state index contributed by atoms with van der Waals surface area (Å²) in [6, 6.07) is 6.53. The van der Waals surface area contributed by atoms with Crippen molar-refractivity contribution < 1.29 is 9.50 Å². The molecule has 0 saturated heterocycles. The van der Waals surface area contributed by atoms with Gasteiger partial charge in [-0.25, -0.2) is 9.37 Å². The molecule has 1 aromatic heterocycles. The summed E-state index contributed by atoms with van der Waals surface area (Å²) in [6.45, 7) is 3.76. The number of aryl methyl sites for hydroxylation is 2. The Balaban J connectivity index is 2.20. The molecular weight excluding hydrogens is 237 g/mol. The number of nitrogens with zero attached hydrogens (tertiary/aromatic N) is 1. The first-order valence-corrected chi connectivity index (χ1v) is 6.25. The summed E-state index contributed by atoms with van der Waals surface area (Å²) < 4.78 is 13.4. The Hall–Kier alpha value is -1.26. The molecule has 1 atom stereocenters. The molecule has 1 unspecified atom stereocenters. The number of aliphatic hydroxyl groups excluding tert-OH is 1. The molecule has 1 N–H and O–H groups in total. The molecule has 1 aromatic carbocycles. The molecule has 1 heterocycles. The number of hydrogen-bond acceptors (Lipinski definition) is 3. The van der Waals surface area contributed by atoms with Crippen LogP contribution in [0.15, 0.2) is 24.3 Å². The highest BCUT2D eigenvalue weighted by Crippen LogP contribution is 2.27. The summed E-state index contributed by atoms with van der Waals surface area (Å²) in [5.41, 5.74) is 1.36. The van der Waals surface area contributed by atoms with E-state index in [1.807, 2.05) is 13.8 Å². The molecule has 0 radical (unpaired) electrons. The van der Waals surface area contributed by atoms with Crippen LogP contribution in [0.25, 0.3) is 0 Å². The molecule has 90 valence electrons. The molecule has 0 bridgehead atoms. The van der Waals surface area contributed by atoms with E-state index in [1.165, 1.54) is 17.4 Å². The largest absolute Gasteiger partial charge is 0.387 e. The van der Waals surface area contributed by atoms with Gasteiger partial charge in [-0.2, -0.15) is 0 Å². The molecule has 0 aliphatic heterocycles. The summed E-state index contributed by atoms with van der Waals surface area (Å²) in [5, 5.41) is 11.0. The first-order chi connectivity index (χ1) is 8.08. The fourth-order valence-electron chi connectivity index (χ4n) is 1.82. The summed E-state index contributed by atoms with van der Waals surface area (Å²) >= 11 is 1.46. The zero-order valence-corrected chi connectivity index (χ0v) is 10.6. The molecular formula is C13H14FNOS. The summed E-state index contributed by atoms with van der Waals surface area (Å²) in [4.78, 5) is 5.09. The maximum Gasteiger partial charge on any atom is 0.126 e. The number of rotatable bonds is 3. The van der Waals surface area contributed by atoms with Gasteiger partial charge >= 0.3 is 0 Å². The molecule has 0 aliphatic carbocycles. The molecule has 0 amide bonds. The Labute approximate surface area is 104 Å². The van der Waals surface area contributed by atoms with Gasteiger partial charge in [0.05, 0.1) is 21.7 Å². The number of thiazole rings is 1. The molecule has 0 saturated carbocycles. The van der Waals surface area contributed by atoms with Crippen LogP contribution < -0.4 is 0 Å². The molecule has 2 aromatic rings. The van der Waals surface area contributed by atoms with Gasteiger partial charge in [0.2, 0.25) is 0 Å². The smallest absolute Gasteiger partial charge is 0.126 e. The highest BCUT2D eigenvalue weighted by molar-refractivity contribution is 7.11. The maximum absolute atomic E-state index is 13.4. The molecule has 0 spiro atoms. The summed E-state index contributed by atoms with van der Waals surface area (Å²) in [5.74, 6) is -0.273. The second-order valence-corrected chi connectivity index (χ2v) is 5.23. The summed E-state index contributed by atoms with van der Waals surface area (Å²) in [6.07, 6.45) is -0.395. The number of hydrogen-bond donors (Lipinski definition) is 1. The zero-order chi connectivity index (χ0) is 12.4. The van der Waals surface area contributed by atoms with Crippen molar-refractivity contribution in [1.29, 1.82) is 0 Å². The highest BCUT2D eigenvalue weighted by Gasteiger charge is 2.16. The van der Waals surface area contributed by atoms with Crippen molar-refractivity contribution >= 4 is 11.3 Å². The van der Waals surface area contributed by atoms with Gasteiger partial charge in [-0.3, -0.25) is 0 Å². The van der Waals surface area contributed by atoms with E-state index in [4.69, 9.17) is 0 Å². The number of halogens is 1. The van der Waals surface area contributed by atoms with Crippen LogP contribution in [0.1, 0.15) is 27.2 Å². The van der Waals surface area contributed by atoms with Gasteiger partial charge in [-0.1, -0.05) is 18.2 Å². The van der Waals surface area contributed by atoms with Crippen molar-refractivity contribution in [2.45, 2.75) is 26.4 Å². The molecule has 17 heavy (non-hydrogen) atoms. The van der Waals surface area contributed by atoms with Crippen LogP contribution in [-0.4, -0.2) is 10.1 Å². The third-order valence-electron chi connectivity index (χ3n) is 2.61. The van der Waals surface area contributed by atoms with Crippen molar-refractivity contribution in [3.63, 3.8) is 0 Å². The molecule has 4 heteroatoms. The fourth-order valence-corrected chi connectivity index (χ4v) is 2.73. The second kappa shape index (κ2) is 4.94. The number of aliphatic hydroxyl groups is 1. The van der Waals surface area contributed by atoms with E-state index in [9.17, 15) is 9.50 Å². The van der Waals surface area contributed by atoms with Crippen LogP contribution in [-0.2, 0) is 6.42 Å². The molecule has 0 fully saturated rings. The van der Waals surface area contributed by atoms with Crippen LogP contribution in [0.2, 0.25) is 0 Å². The highest BCUT2D eigenvalue weighted by atomic mass is 32.1. The Morgan fingerprint density at radius 2 is 2.06 bits per heavy atom. The van der Waals surface area contributed by atoms with Gasteiger partial charge in [-0.05, 0) is 25.5 Å². The predicted molar refractivity (Wildman–Crippen MR) is 66.7 cm³/mol. The third kappa shape index (κ3) is 2.70. The first-order valence-electron chi connectivity index (χ1n) is 5.43. The third-order valence-corrected chi connectivity index (χ3v) is 3.79. The van der Waals surface area contributed by atoms with Crippen LogP contribution in [0.3, 0.4) is 0 Å². The Kier molecular flexibility index (Phi) is 3.54. The Bertz CT molecular complexity index is 524. The summed E-state index contributed by atoms with van der Waals surface area (Å²) in [7, 11) is 0. The quantitative estimate of drug-likeness (QED) is 0.909. The minimum Gasteiger partial charge on any atom is -0.387 e. The van der Waals surface area contributed by atoms with E-state index in [1.54, 1.807) is 18.2 Å². The van der Waals surface area contributed by atoms with E-state index in [-0.39, 0.29) is 12.2 Å². The van der Waals surface area contributed by atoms with E-state index < -0.39 is 6.10 Å². The lowest BCUT2D eigenvalue weighted by atomic mass is 10.1. The van der Waals surface area contributed by atoms with Crippen LogP contribution in [0.4, 0.5) is 4.39 Å². The van der Waals surface area contributed by atoms with E-state index >= 15 is 0 Å². The number of aromatic nitrogens is 1. The van der Waals surface area contributed by atoms with Crippen LogP contribution >= 0.6 is 11.3 Å². The van der Waals surface area contributed by atoms with E-state index in [2.05, 4.69) is 4.98 Å². The van der Waals surface area contributed by atoms with Gasteiger partial charge in [0, 0.05) is 6.42 Å². The van der Waals surface area contributed by atoms with Crippen LogP contribution in [0.5, 0.6) is 0 Å². The van der Waals surface area contributed by atoms with Gasteiger partial charge < -0.3 is 5.11 Å². The van der Waals surface area contributed by atoms with Gasteiger partial charge in [0.1, 0.15) is 5.82 Å². The maximum atomic E-state index is 13.4. The van der Waals surface area contributed by atoms with Crippen molar-refractivity contribution in [2.75, 3.05) is 0 Å². The van der Waals surface area contributed by atoms with Gasteiger partial charge in [-0.15, -0.1) is 11.3 Å². The average Bonchev–Trinajstić information content (AvgIpc) is 2.61. The van der Waals surface area contributed by atoms with E-state index in [0.29, 0.717) is 5.56 Å². The minimum atomic E-state index is -0.682. The van der Waals surface area contributed by atoms with Crippen molar-refractivity contribution in [1.82, 2.24) is 4.98 Å². The monoisotopic (exact) mass is 251 g/mol. The fraction of sp³-hybridized carbons (Fsp3) is 0.308. The van der Waals surface area contributed by atoms with Crippen molar-refractivity contribution in [3.05, 3.63) is 51.2 Å². The minimum absolute atomic E-state index is 0.273. The predicted octanol–water partition coefficient (Wildman–Crippen LogP) is 3.18. The van der Waals surface area contributed by atoms with Gasteiger partial charge in [0.15, 0.2) is 0 Å². The van der Waals surface area contributed by atoms with Crippen molar-refractivity contribution in [2.24, 2.45) is 0 Å². The normalized spacial score (nSPS) is 12.7.